The highest BCUT2D eigenvalue weighted by molar-refractivity contribution is 7.09. The van der Waals surface area contributed by atoms with Crippen LogP contribution in [0.1, 0.15) is 48.2 Å². The number of hydrogen-bond donors (Lipinski definition) is 0. The van der Waals surface area contributed by atoms with Crippen LogP contribution in [0.2, 0.25) is 0 Å². The van der Waals surface area contributed by atoms with Crippen LogP contribution in [0.5, 0.6) is 0 Å². The van der Waals surface area contributed by atoms with Crippen LogP contribution in [0.15, 0.2) is 29.8 Å². The summed E-state index contributed by atoms with van der Waals surface area (Å²) in [7, 11) is 0. The topological polar surface area (TPSA) is 33.2 Å². The first-order chi connectivity index (χ1) is 11.7. The van der Waals surface area contributed by atoms with Crippen molar-refractivity contribution in [1.29, 1.82) is 0 Å². The third-order valence-electron chi connectivity index (χ3n) is 5.01. The Morgan fingerprint density at radius 3 is 2.96 bits per heavy atom. The van der Waals surface area contributed by atoms with E-state index in [9.17, 15) is 13.6 Å². The summed E-state index contributed by atoms with van der Waals surface area (Å²) in [5.74, 6) is -2.03. The maximum absolute atomic E-state index is 14.0. The Morgan fingerprint density at radius 1 is 1.29 bits per heavy atom. The summed E-state index contributed by atoms with van der Waals surface area (Å²) in [6.45, 7) is 0.720. The summed E-state index contributed by atoms with van der Waals surface area (Å²) < 4.78 is 27.4. The van der Waals surface area contributed by atoms with E-state index in [2.05, 4.69) is 4.98 Å². The normalized spacial score (nSPS) is 26.4. The lowest BCUT2D eigenvalue weighted by Gasteiger charge is -2.34. The number of thiazole rings is 1. The Bertz CT molecular complexity index is 749. The van der Waals surface area contributed by atoms with Gasteiger partial charge in [0.2, 0.25) is 5.91 Å². The second kappa shape index (κ2) is 6.24. The highest BCUT2D eigenvalue weighted by atomic mass is 32.1. The lowest BCUT2D eigenvalue weighted by Crippen LogP contribution is -2.39. The third-order valence-corrected chi connectivity index (χ3v) is 5.89. The summed E-state index contributed by atoms with van der Waals surface area (Å²) in [4.78, 5) is 19.2. The lowest BCUT2D eigenvalue weighted by atomic mass is 10.0. The van der Waals surface area contributed by atoms with Gasteiger partial charge in [-0.05, 0) is 43.2 Å². The molecule has 0 N–H and O–H groups in total. The van der Waals surface area contributed by atoms with E-state index in [1.807, 2.05) is 10.3 Å². The van der Waals surface area contributed by atoms with Gasteiger partial charge in [0.15, 0.2) is 11.6 Å². The van der Waals surface area contributed by atoms with E-state index >= 15 is 0 Å². The minimum Gasteiger partial charge on any atom is -0.333 e. The average Bonchev–Trinajstić information content (AvgIpc) is 3.20. The number of carbonyl (C=O) groups excluding carboxylic acids is 1. The maximum Gasteiger partial charge on any atom is 0.226 e. The van der Waals surface area contributed by atoms with Gasteiger partial charge in [-0.2, -0.15) is 0 Å². The fraction of sp³-hybridized carbons (Fsp3) is 0.444. The van der Waals surface area contributed by atoms with Crippen molar-refractivity contribution in [3.63, 3.8) is 0 Å². The summed E-state index contributed by atoms with van der Waals surface area (Å²) in [5.41, 5.74) is 0.330. The van der Waals surface area contributed by atoms with Crippen molar-refractivity contribution in [2.45, 2.75) is 37.6 Å². The molecule has 1 aromatic carbocycles. The standard InChI is InChI=1S/C18H18F2N2OS/c19-14-5-3-4-11(16(14)20)12-10-13(12)18(23)22-8-2-1-6-15(22)17-21-7-9-24-17/h3-5,7,9,12-13,15H,1-2,6,8,10H2/t12-,13-,15-/m1/s1. The summed E-state index contributed by atoms with van der Waals surface area (Å²) >= 11 is 1.57. The predicted molar refractivity (Wildman–Crippen MR) is 87.6 cm³/mol. The molecule has 1 aliphatic heterocycles. The van der Waals surface area contributed by atoms with Crippen molar-refractivity contribution >= 4 is 17.2 Å². The van der Waals surface area contributed by atoms with Crippen molar-refractivity contribution in [2.75, 3.05) is 6.54 Å². The zero-order chi connectivity index (χ0) is 16.7. The molecule has 0 unspecified atom stereocenters. The van der Waals surface area contributed by atoms with Crippen LogP contribution in [-0.4, -0.2) is 22.3 Å². The van der Waals surface area contributed by atoms with E-state index < -0.39 is 11.6 Å². The molecule has 2 heterocycles. The first kappa shape index (κ1) is 15.7. The molecule has 0 spiro atoms. The smallest absolute Gasteiger partial charge is 0.226 e. The average molecular weight is 348 g/mol. The molecule has 6 heteroatoms. The number of piperidine rings is 1. The summed E-state index contributed by atoms with van der Waals surface area (Å²) in [6.07, 6.45) is 5.35. The van der Waals surface area contributed by atoms with Gasteiger partial charge < -0.3 is 4.90 Å². The number of hydrogen-bond acceptors (Lipinski definition) is 3. The van der Waals surface area contributed by atoms with Crippen LogP contribution in [0.3, 0.4) is 0 Å². The molecule has 3 nitrogen and oxygen atoms in total. The maximum atomic E-state index is 14.0. The first-order valence-electron chi connectivity index (χ1n) is 8.30. The Morgan fingerprint density at radius 2 is 2.17 bits per heavy atom. The van der Waals surface area contributed by atoms with Crippen LogP contribution >= 0.6 is 11.3 Å². The van der Waals surface area contributed by atoms with E-state index in [0.717, 1.165) is 36.9 Å². The minimum atomic E-state index is -0.843. The van der Waals surface area contributed by atoms with Crippen LogP contribution in [0.4, 0.5) is 8.78 Å². The fourth-order valence-corrected chi connectivity index (χ4v) is 4.47. The van der Waals surface area contributed by atoms with Gasteiger partial charge in [0.25, 0.3) is 0 Å². The number of carbonyl (C=O) groups is 1. The van der Waals surface area contributed by atoms with Gasteiger partial charge in [-0.15, -0.1) is 11.3 Å². The molecule has 1 saturated carbocycles. The monoisotopic (exact) mass is 348 g/mol. The summed E-state index contributed by atoms with van der Waals surface area (Å²) in [5, 5.41) is 2.89. The highest BCUT2D eigenvalue weighted by Crippen LogP contribution is 2.50. The molecule has 2 aliphatic rings. The van der Waals surface area contributed by atoms with E-state index in [4.69, 9.17) is 0 Å². The molecule has 2 aromatic rings. The number of halogens is 2. The lowest BCUT2D eigenvalue weighted by molar-refractivity contribution is -0.136. The van der Waals surface area contributed by atoms with Crippen LogP contribution in [0.25, 0.3) is 0 Å². The van der Waals surface area contributed by atoms with Crippen LogP contribution < -0.4 is 0 Å². The molecule has 0 bridgehead atoms. The molecule has 0 radical (unpaired) electrons. The van der Waals surface area contributed by atoms with Crippen molar-refractivity contribution in [1.82, 2.24) is 9.88 Å². The fourth-order valence-electron chi connectivity index (χ4n) is 3.68. The Hall–Kier alpha value is -1.82. The molecule has 1 aromatic heterocycles. The SMILES string of the molecule is O=C([C@@H]1C[C@@H]1c1cccc(F)c1F)N1CCCC[C@@H]1c1nccs1. The molecule has 1 aliphatic carbocycles. The van der Waals surface area contributed by atoms with Gasteiger partial charge in [-0.1, -0.05) is 12.1 Å². The molecule has 2 fully saturated rings. The predicted octanol–water partition coefficient (Wildman–Crippen LogP) is 4.28. The molecule has 126 valence electrons. The largest absolute Gasteiger partial charge is 0.333 e. The zero-order valence-corrected chi connectivity index (χ0v) is 13.9. The van der Waals surface area contributed by atoms with Crippen molar-refractivity contribution in [3.05, 3.63) is 52.0 Å². The molecule has 24 heavy (non-hydrogen) atoms. The number of aromatic nitrogens is 1. The van der Waals surface area contributed by atoms with E-state index in [-0.39, 0.29) is 23.8 Å². The summed E-state index contributed by atoms with van der Waals surface area (Å²) in [6, 6.07) is 4.24. The van der Waals surface area contributed by atoms with Crippen molar-refractivity contribution < 1.29 is 13.6 Å². The Balaban J connectivity index is 1.53. The molecule has 1 saturated heterocycles. The Labute approximate surface area is 143 Å². The Kier molecular flexibility index (Phi) is 4.08. The second-order valence-corrected chi connectivity index (χ2v) is 7.43. The molecule has 1 amide bonds. The van der Waals surface area contributed by atoms with E-state index in [1.165, 1.54) is 6.07 Å². The molecular weight excluding hydrogens is 330 g/mol. The van der Waals surface area contributed by atoms with Gasteiger partial charge in [0.05, 0.1) is 6.04 Å². The van der Waals surface area contributed by atoms with Gasteiger partial charge >= 0.3 is 0 Å². The van der Waals surface area contributed by atoms with E-state index in [1.54, 1.807) is 23.6 Å². The van der Waals surface area contributed by atoms with E-state index in [0.29, 0.717) is 12.0 Å². The van der Waals surface area contributed by atoms with Crippen LogP contribution in [-0.2, 0) is 4.79 Å². The number of amides is 1. The van der Waals surface area contributed by atoms with Crippen molar-refractivity contribution in [3.8, 4) is 0 Å². The van der Waals surface area contributed by atoms with Gasteiger partial charge in [0.1, 0.15) is 5.01 Å². The number of benzene rings is 1. The number of rotatable bonds is 3. The third kappa shape index (κ3) is 2.73. The van der Waals surface area contributed by atoms with Gasteiger partial charge in [0, 0.05) is 24.0 Å². The van der Waals surface area contributed by atoms with Crippen LogP contribution in [0, 0.1) is 17.6 Å². The molecule has 3 atom stereocenters. The first-order valence-corrected chi connectivity index (χ1v) is 9.18. The highest BCUT2D eigenvalue weighted by Gasteiger charge is 2.48. The van der Waals surface area contributed by atoms with Crippen molar-refractivity contribution in [2.24, 2.45) is 5.92 Å². The second-order valence-electron chi connectivity index (χ2n) is 6.51. The molecule has 4 rings (SSSR count). The quantitative estimate of drug-likeness (QED) is 0.829. The zero-order valence-electron chi connectivity index (χ0n) is 13.1. The van der Waals surface area contributed by atoms with Gasteiger partial charge in [-0.3, -0.25) is 4.79 Å². The number of likely N-dealkylation sites (tertiary alicyclic amines) is 1. The number of nitrogens with zero attached hydrogens (tertiary/aromatic N) is 2. The minimum absolute atomic E-state index is 0.0323. The van der Waals surface area contributed by atoms with Gasteiger partial charge in [-0.25, -0.2) is 13.8 Å². The molecular formula is C18H18F2N2OS.